The standard InChI is InChI=1S/C18H18F3N5O2/c1-12(24-28-10-13-2-6-15(7-3-13)18(19,20)21)14-4-8-16(9-5-14)27-11-17-22-25-26-23-17/h2-9,25-26H,10-11H2,1H3,(H,22,23). The number of oxime groups is 1. The van der Waals surface area contributed by atoms with Crippen LogP contribution < -0.4 is 21.2 Å². The Bertz CT molecular complexity index is 849. The van der Waals surface area contributed by atoms with Gasteiger partial charge in [-0.25, -0.2) is 5.53 Å². The van der Waals surface area contributed by atoms with E-state index in [0.717, 1.165) is 17.7 Å². The lowest BCUT2D eigenvalue weighted by Crippen LogP contribution is -2.37. The van der Waals surface area contributed by atoms with Gasteiger partial charge in [0.1, 0.15) is 19.0 Å². The predicted molar refractivity (Wildman–Crippen MR) is 97.2 cm³/mol. The molecule has 0 aliphatic carbocycles. The van der Waals surface area contributed by atoms with Gasteiger partial charge in [0.15, 0.2) is 5.84 Å². The maximum atomic E-state index is 12.5. The molecule has 0 fully saturated rings. The minimum Gasteiger partial charge on any atom is -0.486 e. The normalized spacial score (nSPS) is 14.1. The highest BCUT2D eigenvalue weighted by molar-refractivity contribution is 5.98. The van der Waals surface area contributed by atoms with Gasteiger partial charge in [0.2, 0.25) is 0 Å². The molecule has 0 unspecified atom stereocenters. The Hall–Kier alpha value is -3.27. The summed E-state index contributed by atoms with van der Waals surface area (Å²) in [5.41, 5.74) is 9.30. The van der Waals surface area contributed by atoms with E-state index in [-0.39, 0.29) is 13.2 Å². The predicted octanol–water partition coefficient (Wildman–Crippen LogP) is 2.95. The Labute approximate surface area is 159 Å². The highest BCUT2D eigenvalue weighted by atomic mass is 19.4. The topological polar surface area (TPSA) is 79.3 Å². The van der Waals surface area contributed by atoms with Crippen LogP contribution in [0.3, 0.4) is 0 Å². The van der Waals surface area contributed by atoms with E-state index in [1.165, 1.54) is 12.1 Å². The van der Waals surface area contributed by atoms with E-state index in [9.17, 15) is 13.2 Å². The highest BCUT2D eigenvalue weighted by Gasteiger charge is 2.29. The fourth-order valence-corrected chi connectivity index (χ4v) is 2.28. The fraction of sp³-hybridized carbons (Fsp3) is 0.222. The van der Waals surface area contributed by atoms with E-state index >= 15 is 0 Å². The van der Waals surface area contributed by atoms with E-state index in [1.54, 1.807) is 19.1 Å². The molecule has 3 rings (SSSR count). The maximum Gasteiger partial charge on any atom is 0.416 e. The zero-order valence-electron chi connectivity index (χ0n) is 14.9. The lowest BCUT2D eigenvalue weighted by molar-refractivity contribution is -0.137. The third-order valence-electron chi connectivity index (χ3n) is 3.82. The van der Waals surface area contributed by atoms with Gasteiger partial charge < -0.3 is 9.57 Å². The van der Waals surface area contributed by atoms with Crippen molar-refractivity contribution >= 4 is 11.5 Å². The zero-order valence-corrected chi connectivity index (χ0v) is 14.9. The average Bonchev–Trinajstić information content (AvgIpc) is 3.20. The molecule has 2 aromatic rings. The molecule has 3 N–H and O–H groups in total. The van der Waals surface area contributed by atoms with Crippen molar-refractivity contribution < 1.29 is 22.7 Å². The van der Waals surface area contributed by atoms with Crippen LogP contribution in [0.25, 0.3) is 0 Å². The molecule has 0 atom stereocenters. The van der Waals surface area contributed by atoms with E-state index in [4.69, 9.17) is 9.57 Å². The number of nitrogens with zero attached hydrogens (tertiary/aromatic N) is 2. The number of hydrogen-bond acceptors (Lipinski definition) is 7. The van der Waals surface area contributed by atoms with Crippen LogP contribution in [0.15, 0.2) is 58.8 Å². The van der Waals surface area contributed by atoms with Crippen LogP contribution in [-0.2, 0) is 17.6 Å². The SMILES string of the molecule is CC(=NOCc1ccc(C(F)(F)F)cc1)c1ccc(OCC2=NNNN2)cc1. The van der Waals surface area contributed by atoms with Crippen LogP contribution in [0, 0.1) is 0 Å². The summed E-state index contributed by atoms with van der Waals surface area (Å²) < 4.78 is 43.2. The van der Waals surface area contributed by atoms with Gasteiger partial charge in [-0.15, -0.1) is 10.6 Å². The summed E-state index contributed by atoms with van der Waals surface area (Å²) in [6.45, 7) is 2.13. The molecule has 10 heteroatoms. The van der Waals surface area contributed by atoms with Gasteiger partial charge in [0.25, 0.3) is 0 Å². The number of hydrazine groups is 2. The number of halogens is 3. The van der Waals surface area contributed by atoms with Crippen molar-refractivity contribution in [2.24, 2.45) is 10.3 Å². The molecule has 2 aromatic carbocycles. The number of amidine groups is 1. The van der Waals surface area contributed by atoms with Crippen molar-refractivity contribution in [2.75, 3.05) is 6.61 Å². The van der Waals surface area contributed by atoms with E-state index < -0.39 is 11.7 Å². The molecule has 0 saturated heterocycles. The van der Waals surface area contributed by atoms with E-state index in [1.807, 2.05) is 12.1 Å². The molecule has 1 aliphatic heterocycles. The summed E-state index contributed by atoms with van der Waals surface area (Å²) in [6.07, 6.45) is -4.35. The summed E-state index contributed by atoms with van der Waals surface area (Å²) in [5.74, 6) is 1.29. The third kappa shape index (κ3) is 5.36. The van der Waals surface area contributed by atoms with Crippen LogP contribution in [-0.4, -0.2) is 18.2 Å². The maximum absolute atomic E-state index is 12.5. The second-order valence-electron chi connectivity index (χ2n) is 5.88. The van der Waals surface area contributed by atoms with Gasteiger partial charge in [-0.1, -0.05) is 17.3 Å². The van der Waals surface area contributed by atoms with E-state index in [2.05, 4.69) is 26.8 Å². The molecule has 0 aromatic heterocycles. The number of hydrazone groups is 1. The summed E-state index contributed by atoms with van der Waals surface area (Å²) in [7, 11) is 0. The fourth-order valence-electron chi connectivity index (χ4n) is 2.28. The Morgan fingerprint density at radius 1 is 1.04 bits per heavy atom. The number of alkyl halides is 3. The molecular weight excluding hydrogens is 375 g/mol. The molecule has 0 bridgehead atoms. The first-order chi connectivity index (χ1) is 13.4. The molecule has 7 nitrogen and oxygen atoms in total. The number of rotatable bonds is 7. The van der Waals surface area contributed by atoms with Crippen molar-refractivity contribution in [3.05, 3.63) is 65.2 Å². The zero-order chi connectivity index (χ0) is 20.0. The Kier molecular flexibility index (Phi) is 5.99. The number of nitrogens with one attached hydrogen (secondary N) is 3. The first kappa shape index (κ1) is 19.5. The van der Waals surface area contributed by atoms with Gasteiger partial charge in [-0.05, 0) is 54.4 Å². The van der Waals surface area contributed by atoms with Crippen LogP contribution in [0.2, 0.25) is 0 Å². The van der Waals surface area contributed by atoms with Crippen molar-refractivity contribution in [3.8, 4) is 5.75 Å². The quantitative estimate of drug-likeness (QED) is 0.498. The monoisotopic (exact) mass is 393 g/mol. The largest absolute Gasteiger partial charge is 0.486 e. The number of hydrogen-bond donors (Lipinski definition) is 3. The molecule has 0 saturated carbocycles. The summed E-state index contributed by atoms with van der Waals surface area (Å²) >= 11 is 0. The summed E-state index contributed by atoms with van der Waals surface area (Å²) in [6, 6.07) is 12.0. The van der Waals surface area contributed by atoms with Gasteiger partial charge >= 0.3 is 6.18 Å². The Balaban J connectivity index is 1.50. The van der Waals surface area contributed by atoms with Gasteiger partial charge in [0, 0.05) is 0 Å². The van der Waals surface area contributed by atoms with Crippen molar-refractivity contribution in [1.29, 1.82) is 0 Å². The smallest absolute Gasteiger partial charge is 0.416 e. The molecular formula is C18H18F3N5O2. The van der Waals surface area contributed by atoms with Crippen LogP contribution in [0.5, 0.6) is 5.75 Å². The lowest BCUT2D eigenvalue weighted by atomic mass is 10.1. The second kappa shape index (κ2) is 8.61. The first-order valence-electron chi connectivity index (χ1n) is 8.30. The van der Waals surface area contributed by atoms with Gasteiger partial charge in [0.05, 0.1) is 11.3 Å². The number of benzene rings is 2. The Morgan fingerprint density at radius 3 is 2.36 bits per heavy atom. The minimum absolute atomic E-state index is 0.0772. The van der Waals surface area contributed by atoms with Crippen molar-refractivity contribution in [1.82, 2.24) is 16.5 Å². The van der Waals surface area contributed by atoms with Gasteiger partial charge in [-0.3, -0.25) is 5.43 Å². The third-order valence-corrected chi connectivity index (χ3v) is 3.82. The molecule has 1 heterocycles. The molecule has 0 amide bonds. The summed E-state index contributed by atoms with van der Waals surface area (Å²) in [5, 5.41) is 7.91. The minimum atomic E-state index is -4.35. The summed E-state index contributed by atoms with van der Waals surface area (Å²) in [4.78, 5) is 5.24. The molecule has 0 radical (unpaired) electrons. The second-order valence-corrected chi connectivity index (χ2v) is 5.88. The Morgan fingerprint density at radius 2 is 1.75 bits per heavy atom. The molecule has 28 heavy (non-hydrogen) atoms. The molecule has 0 spiro atoms. The van der Waals surface area contributed by atoms with Gasteiger partial charge in [-0.2, -0.15) is 13.2 Å². The van der Waals surface area contributed by atoms with Crippen LogP contribution in [0.1, 0.15) is 23.6 Å². The van der Waals surface area contributed by atoms with Crippen LogP contribution in [0.4, 0.5) is 13.2 Å². The first-order valence-corrected chi connectivity index (χ1v) is 8.30. The highest BCUT2D eigenvalue weighted by Crippen LogP contribution is 2.29. The van der Waals surface area contributed by atoms with Crippen LogP contribution >= 0.6 is 0 Å². The molecule has 148 valence electrons. The lowest BCUT2D eigenvalue weighted by Gasteiger charge is -2.08. The van der Waals surface area contributed by atoms with Crippen molar-refractivity contribution in [2.45, 2.75) is 19.7 Å². The average molecular weight is 393 g/mol. The van der Waals surface area contributed by atoms with Crippen molar-refractivity contribution in [3.63, 3.8) is 0 Å². The number of ether oxygens (including phenoxy) is 1. The van der Waals surface area contributed by atoms with E-state index in [0.29, 0.717) is 22.9 Å². The molecule has 1 aliphatic rings.